The van der Waals surface area contributed by atoms with Crippen LogP contribution in [-0.4, -0.2) is 32.5 Å². The third kappa shape index (κ3) is 4.38. The van der Waals surface area contributed by atoms with Crippen LogP contribution >= 0.6 is 0 Å². The van der Waals surface area contributed by atoms with Crippen molar-refractivity contribution in [2.75, 3.05) is 6.26 Å². The lowest BCUT2D eigenvalue weighted by molar-refractivity contribution is 0.0318. The van der Waals surface area contributed by atoms with Gasteiger partial charge >= 0.3 is 5.97 Å². The van der Waals surface area contributed by atoms with Gasteiger partial charge in [0.15, 0.2) is 15.9 Å². The second kappa shape index (κ2) is 7.41. The van der Waals surface area contributed by atoms with Gasteiger partial charge in [-0.15, -0.1) is 0 Å². The van der Waals surface area contributed by atoms with E-state index in [0.29, 0.717) is 5.56 Å². The molecule has 5 nitrogen and oxygen atoms in total. The molecule has 0 heterocycles. The lowest BCUT2D eigenvalue weighted by Crippen LogP contribution is -2.25. The molecule has 0 saturated heterocycles. The maximum Gasteiger partial charge on any atom is 0.338 e. The van der Waals surface area contributed by atoms with Crippen molar-refractivity contribution in [3.8, 4) is 0 Å². The van der Waals surface area contributed by atoms with Crippen LogP contribution < -0.4 is 0 Å². The number of carbonyl (C=O) groups excluding carboxylic acids is 2. The molecule has 0 fully saturated rings. The van der Waals surface area contributed by atoms with Crippen molar-refractivity contribution in [3.63, 3.8) is 0 Å². The molecule has 0 spiro atoms. The topological polar surface area (TPSA) is 77.5 Å². The highest BCUT2D eigenvalue weighted by atomic mass is 32.2. The predicted molar refractivity (Wildman–Crippen MR) is 99.4 cm³/mol. The van der Waals surface area contributed by atoms with E-state index in [1.807, 2.05) is 26.8 Å². The van der Waals surface area contributed by atoms with Gasteiger partial charge in [-0.25, -0.2) is 13.2 Å². The first-order valence-corrected chi connectivity index (χ1v) is 10.0. The van der Waals surface area contributed by atoms with Gasteiger partial charge in [0, 0.05) is 11.8 Å². The summed E-state index contributed by atoms with van der Waals surface area (Å²) in [7, 11) is -3.44. The van der Waals surface area contributed by atoms with Gasteiger partial charge in [0.1, 0.15) is 0 Å². The molecular weight excluding hydrogens is 352 g/mol. The standard InChI is InChI=1S/C20H22O5S/c1-12-9-14(3)18(10-13(12)2)19(21)15(4)25-20(22)16-7-6-8-17(11-16)26(5,23)24/h6-11,15H,1-5H3/t15-/m0/s1. The molecule has 0 aliphatic heterocycles. The Morgan fingerprint density at radius 3 is 2.19 bits per heavy atom. The number of aryl methyl sites for hydroxylation is 3. The molecule has 0 aliphatic rings. The van der Waals surface area contributed by atoms with Gasteiger partial charge in [0.25, 0.3) is 0 Å². The predicted octanol–water partition coefficient (Wildman–Crippen LogP) is 3.44. The van der Waals surface area contributed by atoms with E-state index in [1.54, 1.807) is 6.07 Å². The Kier molecular flexibility index (Phi) is 5.66. The molecular formula is C20H22O5S. The Balaban J connectivity index is 2.22. The highest BCUT2D eigenvalue weighted by molar-refractivity contribution is 7.90. The van der Waals surface area contributed by atoms with Crippen LogP contribution in [0.1, 0.15) is 44.3 Å². The van der Waals surface area contributed by atoms with Crippen molar-refractivity contribution >= 4 is 21.6 Å². The van der Waals surface area contributed by atoms with E-state index < -0.39 is 21.9 Å². The van der Waals surface area contributed by atoms with E-state index in [4.69, 9.17) is 4.74 Å². The summed E-state index contributed by atoms with van der Waals surface area (Å²) in [4.78, 5) is 25.0. The molecule has 0 saturated carbocycles. The van der Waals surface area contributed by atoms with Gasteiger partial charge in [0.05, 0.1) is 10.5 Å². The van der Waals surface area contributed by atoms with E-state index >= 15 is 0 Å². The van der Waals surface area contributed by atoms with E-state index in [1.165, 1.54) is 31.2 Å². The molecule has 0 bridgehead atoms. The Bertz CT molecular complexity index is 974. The van der Waals surface area contributed by atoms with Gasteiger partial charge in [-0.05, 0) is 68.7 Å². The average molecular weight is 374 g/mol. The fourth-order valence-corrected chi connectivity index (χ4v) is 3.25. The molecule has 2 rings (SSSR count). The van der Waals surface area contributed by atoms with Crippen LogP contribution in [0.5, 0.6) is 0 Å². The first-order valence-electron chi connectivity index (χ1n) is 8.14. The number of ether oxygens (including phenoxy) is 1. The van der Waals surface area contributed by atoms with Gasteiger partial charge in [0.2, 0.25) is 5.78 Å². The minimum absolute atomic E-state index is 0.0240. The first kappa shape index (κ1) is 19.8. The fraction of sp³-hybridized carbons (Fsp3) is 0.300. The number of Topliss-reactive ketones (excluding diaryl/α,β-unsaturated/α-hetero) is 1. The van der Waals surface area contributed by atoms with E-state index in [9.17, 15) is 18.0 Å². The van der Waals surface area contributed by atoms with Crippen LogP contribution in [0, 0.1) is 20.8 Å². The van der Waals surface area contributed by atoms with E-state index in [-0.39, 0.29) is 16.2 Å². The number of ketones is 1. The summed E-state index contributed by atoms with van der Waals surface area (Å²) in [6.07, 6.45) is 0.0803. The highest BCUT2D eigenvalue weighted by Gasteiger charge is 2.23. The second-order valence-corrected chi connectivity index (χ2v) is 8.48. The van der Waals surface area contributed by atoms with Crippen molar-refractivity contribution in [2.24, 2.45) is 0 Å². The quantitative estimate of drug-likeness (QED) is 0.592. The molecule has 2 aromatic carbocycles. The number of hydrogen-bond donors (Lipinski definition) is 0. The molecule has 26 heavy (non-hydrogen) atoms. The smallest absolute Gasteiger partial charge is 0.338 e. The number of rotatable bonds is 5. The number of carbonyl (C=O) groups is 2. The Labute approximate surface area is 153 Å². The van der Waals surface area contributed by atoms with E-state index in [2.05, 4.69) is 0 Å². The van der Waals surface area contributed by atoms with Crippen LogP contribution in [-0.2, 0) is 14.6 Å². The van der Waals surface area contributed by atoms with Crippen LogP contribution in [0.15, 0.2) is 41.3 Å². The molecule has 2 aromatic rings. The highest BCUT2D eigenvalue weighted by Crippen LogP contribution is 2.19. The van der Waals surface area contributed by atoms with Crippen molar-refractivity contribution in [1.29, 1.82) is 0 Å². The molecule has 138 valence electrons. The van der Waals surface area contributed by atoms with Crippen LogP contribution in [0.2, 0.25) is 0 Å². The molecule has 0 aliphatic carbocycles. The maximum atomic E-state index is 12.6. The fourth-order valence-electron chi connectivity index (χ4n) is 2.58. The SMILES string of the molecule is Cc1cc(C)c(C(=O)[C@H](C)OC(=O)c2cccc(S(C)(=O)=O)c2)cc1C. The van der Waals surface area contributed by atoms with Crippen LogP contribution in [0.25, 0.3) is 0 Å². The lowest BCUT2D eigenvalue weighted by atomic mass is 9.96. The molecule has 0 aromatic heterocycles. The zero-order valence-electron chi connectivity index (χ0n) is 15.5. The average Bonchev–Trinajstić information content (AvgIpc) is 2.56. The number of benzene rings is 2. The summed E-state index contributed by atoms with van der Waals surface area (Å²) in [5.41, 5.74) is 3.49. The Hall–Kier alpha value is -2.47. The summed E-state index contributed by atoms with van der Waals surface area (Å²) < 4.78 is 28.5. The minimum Gasteiger partial charge on any atom is -0.451 e. The van der Waals surface area contributed by atoms with E-state index in [0.717, 1.165) is 22.9 Å². The Morgan fingerprint density at radius 2 is 1.58 bits per heavy atom. The summed E-state index contributed by atoms with van der Waals surface area (Å²) >= 11 is 0. The molecule has 6 heteroatoms. The third-order valence-corrected chi connectivity index (χ3v) is 5.37. The van der Waals surface area contributed by atoms with Crippen LogP contribution in [0.4, 0.5) is 0 Å². The van der Waals surface area contributed by atoms with Gasteiger partial charge in [-0.3, -0.25) is 4.79 Å². The monoisotopic (exact) mass is 374 g/mol. The van der Waals surface area contributed by atoms with Crippen molar-refractivity contribution in [3.05, 3.63) is 64.2 Å². The second-order valence-electron chi connectivity index (χ2n) is 6.46. The summed E-state index contributed by atoms with van der Waals surface area (Å²) in [6, 6.07) is 9.28. The van der Waals surface area contributed by atoms with Gasteiger partial charge in [-0.2, -0.15) is 0 Å². The lowest BCUT2D eigenvalue weighted by Gasteiger charge is -2.15. The van der Waals surface area contributed by atoms with Crippen molar-refractivity contribution in [2.45, 2.75) is 38.7 Å². The largest absolute Gasteiger partial charge is 0.451 e. The number of esters is 1. The van der Waals surface area contributed by atoms with Crippen molar-refractivity contribution in [1.82, 2.24) is 0 Å². The maximum absolute atomic E-state index is 12.6. The summed E-state index contributed by atoms with van der Waals surface area (Å²) in [6.45, 7) is 7.23. The van der Waals surface area contributed by atoms with Crippen LogP contribution in [0.3, 0.4) is 0 Å². The zero-order chi connectivity index (χ0) is 19.6. The molecule has 0 N–H and O–H groups in total. The van der Waals surface area contributed by atoms with Gasteiger partial charge in [-0.1, -0.05) is 12.1 Å². The molecule has 0 unspecified atom stereocenters. The summed E-state index contributed by atoms with van der Waals surface area (Å²) in [5, 5.41) is 0. The summed E-state index contributed by atoms with van der Waals surface area (Å²) in [5.74, 6) is -1.03. The molecule has 0 radical (unpaired) electrons. The molecule has 1 atom stereocenters. The Morgan fingerprint density at radius 1 is 0.962 bits per heavy atom. The van der Waals surface area contributed by atoms with Gasteiger partial charge < -0.3 is 4.74 Å². The third-order valence-electron chi connectivity index (χ3n) is 4.26. The minimum atomic E-state index is -3.44. The van der Waals surface area contributed by atoms with Crippen molar-refractivity contribution < 1.29 is 22.7 Å². The molecule has 0 amide bonds. The first-order chi connectivity index (χ1) is 12.0. The number of sulfone groups is 1. The zero-order valence-corrected chi connectivity index (χ0v) is 16.3. The number of hydrogen-bond acceptors (Lipinski definition) is 5. The normalized spacial score (nSPS) is 12.5.